The van der Waals surface area contributed by atoms with E-state index in [0.717, 1.165) is 39.2 Å². The first-order chi connectivity index (χ1) is 10.1. The number of rotatable bonds is 1. The van der Waals surface area contributed by atoms with Crippen LogP contribution < -0.4 is 5.32 Å². The van der Waals surface area contributed by atoms with Crippen LogP contribution in [0.5, 0.6) is 0 Å². The fourth-order valence-electron chi connectivity index (χ4n) is 2.82. The molecule has 106 valence electrons. The van der Waals surface area contributed by atoms with E-state index in [0.29, 0.717) is 5.02 Å². The van der Waals surface area contributed by atoms with E-state index in [1.807, 2.05) is 37.3 Å². The Morgan fingerprint density at radius 3 is 2.90 bits per heavy atom. The number of aromatic amines is 1. The summed E-state index contributed by atoms with van der Waals surface area (Å²) < 4.78 is 5.53. The van der Waals surface area contributed by atoms with Crippen LogP contribution in [0.3, 0.4) is 0 Å². The number of fused-ring (bicyclic) bond motifs is 3. The summed E-state index contributed by atoms with van der Waals surface area (Å²) in [6, 6.07) is 9.37. The van der Waals surface area contributed by atoms with Gasteiger partial charge in [-0.3, -0.25) is 0 Å². The second-order valence-electron chi connectivity index (χ2n) is 5.15. The van der Waals surface area contributed by atoms with Gasteiger partial charge in [0, 0.05) is 21.5 Å². The predicted octanol–water partition coefficient (Wildman–Crippen LogP) is 3.98. The third kappa shape index (κ3) is 1.80. The quantitative estimate of drug-likeness (QED) is 0.637. The fourth-order valence-corrected chi connectivity index (χ4v) is 2.99. The van der Waals surface area contributed by atoms with E-state index in [1.165, 1.54) is 0 Å². The minimum absolute atomic E-state index is 0.659. The summed E-state index contributed by atoms with van der Waals surface area (Å²) >= 11 is 6.08. The first-order valence-corrected chi connectivity index (χ1v) is 7.04. The molecule has 3 heterocycles. The molecular formula is C16H13ClN2O2. The first-order valence-electron chi connectivity index (χ1n) is 6.66. The van der Waals surface area contributed by atoms with Crippen molar-refractivity contribution in [1.29, 1.82) is 0 Å². The molecule has 1 aromatic carbocycles. The molecule has 0 amide bonds. The topological polar surface area (TPSA) is 61.2 Å². The third-order valence-electron chi connectivity index (χ3n) is 3.86. The van der Waals surface area contributed by atoms with E-state index < -0.39 is 6.23 Å². The van der Waals surface area contributed by atoms with Gasteiger partial charge in [-0.2, -0.15) is 0 Å². The smallest absolute Gasteiger partial charge is 0.147 e. The van der Waals surface area contributed by atoms with Crippen molar-refractivity contribution in [3.8, 4) is 0 Å². The van der Waals surface area contributed by atoms with Crippen molar-refractivity contribution in [3.63, 3.8) is 0 Å². The van der Waals surface area contributed by atoms with Crippen molar-refractivity contribution in [2.45, 2.75) is 13.2 Å². The van der Waals surface area contributed by atoms with Gasteiger partial charge in [0.1, 0.15) is 12.0 Å². The monoisotopic (exact) mass is 300 g/mol. The highest BCUT2D eigenvalue weighted by atomic mass is 35.5. The Balaban J connectivity index is 2.05. The summed E-state index contributed by atoms with van der Waals surface area (Å²) in [5, 5.41) is 15.0. The van der Waals surface area contributed by atoms with Crippen LogP contribution in [0.25, 0.3) is 16.5 Å². The molecule has 3 aromatic rings. The van der Waals surface area contributed by atoms with Gasteiger partial charge in [0.25, 0.3) is 0 Å². The number of hydrogen-bond donors (Lipinski definition) is 3. The van der Waals surface area contributed by atoms with E-state index in [9.17, 15) is 5.11 Å². The number of furan rings is 1. The number of aromatic nitrogens is 1. The molecule has 0 spiro atoms. The second-order valence-corrected chi connectivity index (χ2v) is 5.58. The van der Waals surface area contributed by atoms with Crippen LogP contribution in [0.15, 0.2) is 46.6 Å². The Morgan fingerprint density at radius 1 is 1.29 bits per heavy atom. The fraction of sp³-hybridized carbons (Fsp3) is 0.125. The van der Waals surface area contributed by atoms with Crippen molar-refractivity contribution in [3.05, 3.63) is 58.6 Å². The Labute approximate surface area is 126 Å². The van der Waals surface area contributed by atoms with Gasteiger partial charge < -0.3 is 19.8 Å². The molecule has 2 aromatic heterocycles. The molecule has 4 rings (SSSR count). The van der Waals surface area contributed by atoms with E-state index >= 15 is 0 Å². The van der Waals surface area contributed by atoms with Crippen LogP contribution in [-0.2, 0) is 0 Å². The van der Waals surface area contributed by atoms with Crippen LogP contribution in [-0.4, -0.2) is 16.3 Å². The number of halogens is 1. The SMILES string of the molecule is CC1=C(c2ccco2)c2[nH]c3ccc(Cl)cc3c2NC1O. The van der Waals surface area contributed by atoms with Crippen LogP contribution in [0, 0.1) is 0 Å². The van der Waals surface area contributed by atoms with Gasteiger partial charge in [-0.15, -0.1) is 0 Å². The molecule has 21 heavy (non-hydrogen) atoms. The lowest BCUT2D eigenvalue weighted by Crippen LogP contribution is -2.25. The van der Waals surface area contributed by atoms with E-state index in [1.54, 1.807) is 6.26 Å². The Kier molecular flexibility index (Phi) is 2.64. The molecule has 1 atom stereocenters. The molecule has 0 radical (unpaired) electrons. The van der Waals surface area contributed by atoms with Crippen molar-refractivity contribution < 1.29 is 9.52 Å². The molecule has 5 heteroatoms. The standard InChI is InChI=1S/C16H13ClN2O2/c1-8-13(12-3-2-6-21-12)15-14(19-16(8)20)10-7-9(17)4-5-11(10)18-15/h2-7,16,18-20H,1H3. The third-order valence-corrected chi connectivity index (χ3v) is 4.10. The maximum absolute atomic E-state index is 10.3. The number of aliphatic hydroxyl groups is 1. The normalized spacial score (nSPS) is 18.0. The average Bonchev–Trinajstić information content (AvgIpc) is 3.08. The molecule has 1 aliphatic heterocycles. The molecule has 0 bridgehead atoms. The molecule has 4 nitrogen and oxygen atoms in total. The zero-order valence-electron chi connectivity index (χ0n) is 11.3. The summed E-state index contributed by atoms with van der Waals surface area (Å²) in [6.07, 6.45) is 0.874. The van der Waals surface area contributed by atoms with Gasteiger partial charge in [0.05, 0.1) is 17.6 Å². The number of anilines is 1. The lowest BCUT2D eigenvalue weighted by molar-refractivity contribution is 0.239. The summed E-state index contributed by atoms with van der Waals surface area (Å²) in [5.41, 5.74) is 4.41. The molecule has 0 saturated heterocycles. The van der Waals surface area contributed by atoms with Crippen LogP contribution in [0.1, 0.15) is 18.4 Å². The number of benzene rings is 1. The van der Waals surface area contributed by atoms with E-state index in [2.05, 4.69) is 10.3 Å². The Bertz CT molecular complexity index is 862. The van der Waals surface area contributed by atoms with Crippen molar-refractivity contribution in [1.82, 2.24) is 4.98 Å². The Morgan fingerprint density at radius 2 is 2.14 bits per heavy atom. The van der Waals surface area contributed by atoms with Gasteiger partial charge in [-0.25, -0.2) is 0 Å². The van der Waals surface area contributed by atoms with Gasteiger partial charge in [0.15, 0.2) is 0 Å². The van der Waals surface area contributed by atoms with Gasteiger partial charge in [-0.1, -0.05) is 11.6 Å². The van der Waals surface area contributed by atoms with Crippen LogP contribution >= 0.6 is 11.6 Å². The summed E-state index contributed by atoms with van der Waals surface area (Å²) in [7, 11) is 0. The van der Waals surface area contributed by atoms with Crippen LogP contribution in [0.2, 0.25) is 5.02 Å². The maximum atomic E-state index is 10.3. The van der Waals surface area contributed by atoms with Crippen molar-refractivity contribution in [2.24, 2.45) is 0 Å². The highest BCUT2D eigenvalue weighted by molar-refractivity contribution is 6.31. The molecule has 0 saturated carbocycles. The van der Waals surface area contributed by atoms with Gasteiger partial charge >= 0.3 is 0 Å². The zero-order chi connectivity index (χ0) is 14.6. The van der Waals surface area contributed by atoms with Crippen LogP contribution in [0.4, 0.5) is 5.69 Å². The van der Waals surface area contributed by atoms with Crippen molar-refractivity contribution in [2.75, 3.05) is 5.32 Å². The van der Waals surface area contributed by atoms with Crippen molar-refractivity contribution >= 4 is 33.8 Å². The highest BCUT2D eigenvalue weighted by Gasteiger charge is 2.28. The second kappa shape index (κ2) is 4.41. The average molecular weight is 301 g/mol. The largest absolute Gasteiger partial charge is 0.464 e. The number of hydrogen-bond acceptors (Lipinski definition) is 3. The summed E-state index contributed by atoms with van der Waals surface area (Å²) in [5.74, 6) is 0.729. The minimum Gasteiger partial charge on any atom is -0.464 e. The predicted molar refractivity (Wildman–Crippen MR) is 83.3 cm³/mol. The Hall–Kier alpha value is -2.17. The first kappa shape index (κ1) is 12.6. The number of nitrogens with one attached hydrogen (secondary N) is 2. The molecule has 0 aliphatic carbocycles. The maximum Gasteiger partial charge on any atom is 0.147 e. The lowest BCUT2D eigenvalue weighted by Gasteiger charge is -2.24. The zero-order valence-corrected chi connectivity index (χ0v) is 12.0. The molecule has 1 unspecified atom stereocenters. The number of H-pyrrole nitrogens is 1. The molecule has 1 aliphatic rings. The lowest BCUT2D eigenvalue weighted by atomic mass is 9.97. The molecule has 3 N–H and O–H groups in total. The number of aliphatic hydroxyl groups excluding tert-OH is 1. The van der Waals surface area contributed by atoms with Gasteiger partial charge in [0.2, 0.25) is 0 Å². The van der Waals surface area contributed by atoms with E-state index in [-0.39, 0.29) is 0 Å². The molecular weight excluding hydrogens is 288 g/mol. The minimum atomic E-state index is -0.754. The highest BCUT2D eigenvalue weighted by Crippen LogP contribution is 2.41. The summed E-state index contributed by atoms with van der Waals surface area (Å²) in [4.78, 5) is 3.38. The van der Waals surface area contributed by atoms with Gasteiger partial charge in [-0.05, 0) is 42.8 Å². The van der Waals surface area contributed by atoms with E-state index in [4.69, 9.17) is 16.0 Å². The molecule has 0 fully saturated rings. The summed E-state index contributed by atoms with van der Waals surface area (Å²) in [6.45, 7) is 1.89.